The van der Waals surface area contributed by atoms with E-state index in [-0.39, 0.29) is 5.70 Å². The number of ether oxygens (including phenoxy) is 3. The number of halogens is 2. The number of carbonyl (C=O) groups is 1. The SMILES string of the molecule is CCOc1cc(/C=C2\N=C(c3ccc(Br)cc3)OC2=O)cc(I)c1OCCc1ccccc1. The minimum Gasteiger partial charge on any atom is -0.490 e. The number of hydrogen-bond donors (Lipinski definition) is 0. The van der Waals surface area contributed by atoms with Crippen molar-refractivity contribution in [1.82, 2.24) is 0 Å². The normalized spacial score (nSPS) is 14.2. The fraction of sp³-hybridized carbons (Fsp3) is 0.154. The minimum atomic E-state index is -0.482. The highest BCUT2D eigenvalue weighted by Crippen LogP contribution is 2.35. The molecule has 0 aliphatic carbocycles. The van der Waals surface area contributed by atoms with Crippen molar-refractivity contribution in [2.75, 3.05) is 13.2 Å². The van der Waals surface area contributed by atoms with Gasteiger partial charge in [0.25, 0.3) is 0 Å². The lowest BCUT2D eigenvalue weighted by Crippen LogP contribution is -2.06. The molecule has 3 aromatic carbocycles. The molecule has 0 saturated carbocycles. The van der Waals surface area contributed by atoms with Gasteiger partial charge in [-0.05, 0) is 83.1 Å². The third kappa shape index (κ3) is 6.03. The van der Waals surface area contributed by atoms with Gasteiger partial charge in [-0.3, -0.25) is 0 Å². The Kier molecular flexibility index (Phi) is 7.82. The maximum absolute atomic E-state index is 12.4. The fourth-order valence-corrected chi connectivity index (χ4v) is 4.32. The summed E-state index contributed by atoms with van der Waals surface area (Å²) < 4.78 is 19.1. The first kappa shape index (κ1) is 23.5. The van der Waals surface area contributed by atoms with E-state index in [4.69, 9.17) is 14.2 Å². The van der Waals surface area contributed by atoms with Crippen LogP contribution in [0, 0.1) is 3.57 Å². The van der Waals surface area contributed by atoms with E-state index in [9.17, 15) is 4.79 Å². The van der Waals surface area contributed by atoms with Crippen LogP contribution in [0.1, 0.15) is 23.6 Å². The number of rotatable bonds is 8. The maximum atomic E-state index is 12.4. The molecular formula is C26H21BrINO4. The standard InChI is InChI=1S/C26H21BrINO4/c1-2-31-23-16-18(14-21(28)24(23)32-13-12-17-6-4-3-5-7-17)15-22-26(30)33-25(29-22)19-8-10-20(27)11-9-19/h3-11,14-16H,2,12-13H2,1H3/b22-15-. The Morgan fingerprint density at radius 3 is 2.55 bits per heavy atom. The van der Waals surface area contributed by atoms with Gasteiger partial charge in [0, 0.05) is 16.5 Å². The molecule has 0 N–H and O–H groups in total. The predicted molar refractivity (Wildman–Crippen MR) is 141 cm³/mol. The molecule has 0 fully saturated rings. The molecule has 0 radical (unpaired) electrons. The average molecular weight is 618 g/mol. The molecule has 3 aromatic rings. The zero-order chi connectivity index (χ0) is 23.2. The van der Waals surface area contributed by atoms with E-state index in [1.807, 2.05) is 61.5 Å². The number of hydrogen-bond acceptors (Lipinski definition) is 5. The molecule has 33 heavy (non-hydrogen) atoms. The molecule has 1 aliphatic rings. The quantitative estimate of drug-likeness (QED) is 0.166. The summed E-state index contributed by atoms with van der Waals surface area (Å²) in [5, 5.41) is 0. The highest BCUT2D eigenvalue weighted by molar-refractivity contribution is 14.1. The van der Waals surface area contributed by atoms with E-state index in [0.717, 1.165) is 25.6 Å². The van der Waals surface area contributed by atoms with Crippen LogP contribution in [0.25, 0.3) is 6.08 Å². The molecule has 0 atom stereocenters. The van der Waals surface area contributed by atoms with Crippen molar-refractivity contribution in [2.45, 2.75) is 13.3 Å². The zero-order valence-corrected chi connectivity index (χ0v) is 21.6. The first-order valence-corrected chi connectivity index (χ1v) is 12.3. The van der Waals surface area contributed by atoms with E-state index < -0.39 is 5.97 Å². The summed E-state index contributed by atoms with van der Waals surface area (Å²) in [4.78, 5) is 16.8. The molecule has 0 spiro atoms. The van der Waals surface area contributed by atoms with Gasteiger partial charge in [-0.1, -0.05) is 46.3 Å². The topological polar surface area (TPSA) is 57.1 Å². The van der Waals surface area contributed by atoms with Crippen LogP contribution in [0.15, 0.2) is 81.9 Å². The van der Waals surface area contributed by atoms with E-state index >= 15 is 0 Å². The predicted octanol–water partition coefficient (Wildman–Crippen LogP) is 6.42. The Balaban J connectivity index is 1.55. The van der Waals surface area contributed by atoms with Crippen LogP contribution in [0.2, 0.25) is 0 Å². The zero-order valence-electron chi connectivity index (χ0n) is 17.9. The number of carbonyl (C=O) groups excluding carboxylic acids is 1. The smallest absolute Gasteiger partial charge is 0.363 e. The lowest BCUT2D eigenvalue weighted by atomic mass is 10.1. The van der Waals surface area contributed by atoms with Gasteiger partial charge in [-0.2, -0.15) is 0 Å². The molecule has 5 nitrogen and oxygen atoms in total. The number of benzene rings is 3. The van der Waals surface area contributed by atoms with Gasteiger partial charge in [0.15, 0.2) is 17.2 Å². The third-order valence-electron chi connectivity index (χ3n) is 4.83. The molecular weight excluding hydrogens is 597 g/mol. The molecule has 7 heteroatoms. The van der Waals surface area contributed by atoms with Gasteiger partial charge >= 0.3 is 5.97 Å². The van der Waals surface area contributed by atoms with Crippen LogP contribution in [-0.4, -0.2) is 25.1 Å². The van der Waals surface area contributed by atoms with Crippen molar-refractivity contribution in [3.63, 3.8) is 0 Å². The second kappa shape index (κ2) is 11.0. The van der Waals surface area contributed by atoms with Crippen molar-refractivity contribution in [2.24, 2.45) is 4.99 Å². The molecule has 1 aliphatic heterocycles. The Hall–Kier alpha value is -2.65. The number of aliphatic imine (C=N–C) groups is 1. The molecule has 0 amide bonds. The number of cyclic esters (lactones) is 1. The average Bonchev–Trinajstić information content (AvgIpc) is 3.17. The summed E-state index contributed by atoms with van der Waals surface area (Å²) in [6, 6.07) is 21.4. The summed E-state index contributed by atoms with van der Waals surface area (Å²) in [5.41, 5.74) is 2.97. The molecule has 0 aromatic heterocycles. The van der Waals surface area contributed by atoms with E-state index in [0.29, 0.717) is 30.6 Å². The lowest BCUT2D eigenvalue weighted by Gasteiger charge is -2.15. The Labute approximate surface area is 214 Å². The van der Waals surface area contributed by atoms with Crippen molar-refractivity contribution in [1.29, 1.82) is 0 Å². The maximum Gasteiger partial charge on any atom is 0.363 e. The number of esters is 1. The summed E-state index contributed by atoms with van der Waals surface area (Å²) in [7, 11) is 0. The molecule has 1 heterocycles. The van der Waals surface area contributed by atoms with E-state index in [1.54, 1.807) is 6.08 Å². The summed E-state index contributed by atoms with van der Waals surface area (Å²) >= 11 is 5.62. The van der Waals surface area contributed by atoms with Crippen LogP contribution in [0.3, 0.4) is 0 Å². The second-order valence-corrected chi connectivity index (χ2v) is 9.27. The van der Waals surface area contributed by atoms with Crippen molar-refractivity contribution in [3.8, 4) is 11.5 Å². The largest absolute Gasteiger partial charge is 0.490 e. The molecule has 0 saturated heterocycles. The Morgan fingerprint density at radius 2 is 1.82 bits per heavy atom. The van der Waals surface area contributed by atoms with Crippen LogP contribution in [0.4, 0.5) is 0 Å². The highest BCUT2D eigenvalue weighted by Gasteiger charge is 2.24. The first-order valence-electron chi connectivity index (χ1n) is 10.4. The van der Waals surface area contributed by atoms with Crippen molar-refractivity contribution >= 4 is 56.5 Å². The van der Waals surface area contributed by atoms with Crippen molar-refractivity contribution < 1.29 is 19.0 Å². The lowest BCUT2D eigenvalue weighted by molar-refractivity contribution is -0.129. The summed E-state index contributed by atoms with van der Waals surface area (Å²) in [6.45, 7) is 2.96. The third-order valence-corrected chi connectivity index (χ3v) is 6.16. The first-order chi connectivity index (χ1) is 16.0. The van der Waals surface area contributed by atoms with Crippen LogP contribution in [-0.2, 0) is 16.0 Å². The molecule has 0 unspecified atom stereocenters. The van der Waals surface area contributed by atoms with Gasteiger partial charge in [0.05, 0.1) is 16.8 Å². The summed E-state index contributed by atoms with van der Waals surface area (Å²) in [5.74, 6) is 1.14. The second-order valence-electron chi connectivity index (χ2n) is 7.19. The Bertz CT molecular complexity index is 1210. The monoisotopic (exact) mass is 617 g/mol. The van der Waals surface area contributed by atoms with Gasteiger partial charge in [-0.15, -0.1) is 0 Å². The van der Waals surface area contributed by atoms with Crippen LogP contribution in [0.5, 0.6) is 11.5 Å². The Morgan fingerprint density at radius 1 is 1.06 bits per heavy atom. The highest BCUT2D eigenvalue weighted by atomic mass is 127. The van der Waals surface area contributed by atoms with Crippen molar-refractivity contribution in [3.05, 3.63) is 97.2 Å². The molecule has 4 rings (SSSR count). The van der Waals surface area contributed by atoms with E-state index in [1.165, 1.54) is 5.56 Å². The fourth-order valence-electron chi connectivity index (χ4n) is 3.27. The van der Waals surface area contributed by atoms with Gasteiger partial charge in [0.1, 0.15) is 0 Å². The van der Waals surface area contributed by atoms with Gasteiger partial charge in [0.2, 0.25) is 5.90 Å². The summed E-state index contributed by atoms with van der Waals surface area (Å²) in [6.07, 6.45) is 2.50. The number of nitrogens with zero attached hydrogens (tertiary/aromatic N) is 1. The van der Waals surface area contributed by atoms with Gasteiger partial charge < -0.3 is 14.2 Å². The molecule has 0 bridgehead atoms. The minimum absolute atomic E-state index is 0.240. The van der Waals surface area contributed by atoms with Crippen LogP contribution < -0.4 is 9.47 Å². The van der Waals surface area contributed by atoms with Crippen LogP contribution >= 0.6 is 38.5 Å². The molecule has 168 valence electrons. The van der Waals surface area contributed by atoms with Gasteiger partial charge in [-0.25, -0.2) is 9.79 Å². The van der Waals surface area contributed by atoms with E-state index in [2.05, 4.69) is 55.6 Å².